The van der Waals surface area contributed by atoms with Crippen molar-refractivity contribution in [2.24, 2.45) is 0 Å². The molecule has 8 nitrogen and oxygen atoms in total. The number of likely N-dealkylation sites (tertiary alicyclic amines) is 1. The number of amides is 2. The molecule has 1 aromatic rings. The minimum atomic E-state index is -0.847. The summed E-state index contributed by atoms with van der Waals surface area (Å²) >= 11 is 0. The molecule has 1 aliphatic rings. The van der Waals surface area contributed by atoms with Gasteiger partial charge in [-0.1, -0.05) is 30.3 Å². The fourth-order valence-corrected chi connectivity index (χ4v) is 3.55. The van der Waals surface area contributed by atoms with Crippen LogP contribution in [0.1, 0.15) is 53.5 Å². The van der Waals surface area contributed by atoms with E-state index in [1.54, 1.807) is 20.8 Å². The topological polar surface area (TPSA) is 100 Å². The smallest absolute Gasteiger partial charge is 0.407 e. The molecule has 1 saturated heterocycles. The van der Waals surface area contributed by atoms with Crippen LogP contribution in [-0.4, -0.2) is 71.0 Å². The Morgan fingerprint density at radius 2 is 1.81 bits per heavy atom. The van der Waals surface area contributed by atoms with Crippen LogP contribution in [0.25, 0.3) is 0 Å². The first-order valence-electron chi connectivity index (χ1n) is 11.2. The second-order valence-electron chi connectivity index (χ2n) is 10.4. The van der Waals surface area contributed by atoms with Gasteiger partial charge in [-0.2, -0.15) is 0 Å². The first kappa shape index (κ1) is 26.1. The highest BCUT2D eigenvalue weighted by Gasteiger charge is 2.39. The number of nitrogens with one attached hydrogen (secondary N) is 2. The van der Waals surface area contributed by atoms with Crippen LogP contribution in [0.2, 0.25) is 0 Å². The third-order valence-electron chi connectivity index (χ3n) is 4.82. The summed E-state index contributed by atoms with van der Waals surface area (Å²) in [4.78, 5) is 26.7. The maximum atomic E-state index is 12.9. The van der Waals surface area contributed by atoms with Gasteiger partial charge in [0.2, 0.25) is 5.91 Å². The predicted molar refractivity (Wildman–Crippen MR) is 123 cm³/mol. The number of hydrogen-bond acceptors (Lipinski definition) is 6. The van der Waals surface area contributed by atoms with Crippen molar-refractivity contribution in [2.45, 2.75) is 84.0 Å². The number of hydrogen-bond donors (Lipinski definition) is 3. The second kappa shape index (κ2) is 11.1. The molecule has 32 heavy (non-hydrogen) atoms. The lowest BCUT2D eigenvalue weighted by atomic mass is 10.1. The summed E-state index contributed by atoms with van der Waals surface area (Å²) in [5.41, 5.74) is 0.106. The zero-order valence-electron chi connectivity index (χ0n) is 20.2. The highest BCUT2D eigenvalue weighted by atomic mass is 16.6. The third kappa shape index (κ3) is 9.54. The molecule has 0 aliphatic carbocycles. The molecular formula is C24H39N3O5. The molecule has 3 N–H and O–H groups in total. The van der Waals surface area contributed by atoms with Gasteiger partial charge < -0.3 is 25.2 Å². The van der Waals surface area contributed by atoms with Crippen molar-refractivity contribution >= 4 is 12.0 Å². The zero-order chi connectivity index (χ0) is 23.9. The van der Waals surface area contributed by atoms with Crippen molar-refractivity contribution in [1.82, 2.24) is 15.5 Å². The standard InChI is InChI=1S/C24H39N3O5/c1-23(2,3)26-21(29)20-12-19(31-16-17-10-8-7-9-11-17)15-27(20)14-18(28)13-25-22(30)32-24(4,5)6/h7-11,18-20,28H,12-16H2,1-6H3,(H,25,30)(H,26,29)/t18?,19-,20-/m0/s1. The van der Waals surface area contributed by atoms with E-state index in [9.17, 15) is 14.7 Å². The van der Waals surface area contributed by atoms with E-state index in [0.717, 1.165) is 5.56 Å². The Morgan fingerprint density at radius 1 is 1.16 bits per heavy atom. The molecule has 0 saturated carbocycles. The molecule has 2 rings (SSSR count). The molecule has 0 radical (unpaired) electrons. The predicted octanol–water partition coefficient (Wildman–Crippen LogP) is 2.45. The molecule has 0 spiro atoms. The molecule has 2 amide bonds. The maximum Gasteiger partial charge on any atom is 0.407 e. The fraction of sp³-hybridized carbons (Fsp3) is 0.667. The van der Waals surface area contributed by atoms with E-state index in [-0.39, 0.29) is 30.6 Å². The summed E-state index contributed by atoms with van der Waals surface area (Å²) in [7, 11) is 0. The van der Waals surface area contributed by atoms with Crippen LogP contribution < -0.4 is 10.6 Å². The number of carbonyl (C=O) groups excluding carboxylic acids is 2. The number of β-amino-alcohol motifs (C(OH)–C–C–N with tert-alkyl or cyclic N) is 1. The summed E-state index contributed by atoms with van der Waals surface area (Å²) in [5, 5.41) is 16.1. The first-order chi connectivity index (χ1) is 14.8. The Labute approximate surface area is 191 Å². The van der Waals surface area contributed by atoms with Gasteiger partial charge in [0.1, 0.15) is 5.60 Å². The van der Waals surface area contributed by atoms with Crippen LogP contribution in [0.5, 0.6) is 0 Å². The van der Waals surface area contributed by atoms with E-state index in [1.165, 1.54) is 0 Å². The second-order valence-corrected chi connectivity index (χ2v) is 10.4. The third-order valence-corrected chi connectivity index (χ3v) is 4.82. The number of aliphatic hydroxyl groups is 1. The van der Waals surface area contributed by atoms with Gasteiger partial charge in [-0.3, -0.25) is 9.69 Å². The zero-order valence-corrected chi connectivity index (χ0v) is 20.2. The van der Waals surface area contributed by atoms with E-state index >= 15 is 0 Å². The van der Waals surface area contributed by atoms with Crippen molar-refractivity contribution in [3.8, 4) is 0 Å². The van der Waals surface area contributed by atoms with Gasteiger partial charge in [0, 0.05) is 25.2 Å². The van der Waals surface area contributed by atoms with Crippen LogP contribution in [0, 0.1) is 0 Å². The Kier molecular flexibility index (Phi) is 9.07. The van der Waals surface area contributed by atoms with Crippen molar-refractivity contribution in [3.05, 3.63) is 35.9 Å². The highest BCUT2D eigenvalue weighted by molar-refractivity contribution is 5.82. The Bertz CT molecular complexity index is 742. The molecule has 3 atom stereocenters. The number of rotatable bonds is 8. The van der Waals surface area contributed by atoms with E-state index in [1.807, 2.05) is 56.0 Å². The van der Waals surface area contributed by atoms with Crippen molar-refractivity contribution in [2.75, 3.05) is 19.6 Å². The van der Waals surface area contributed by atoms with E-state index in [0.29, 0.717) is 19.6 Å². The summed E-state index contributed by atoms with van der Waals surface area (Å²) in [6.45, 7) is 12.4. The molecule has 1 unspecified atom stereocenters. The van der Waals surface area contributed by atoms with Gasteiger partial charge in [0.25, 0.3) is 0 Å². The van der Waals surface area contributed by atoms with Crippen LogP contribution in [0.4, 0.5) is 4.79 Å². The number of nitrogens with zero attached hydrogens (tertiary/aromatic N) is 1. The van der Waals surface area contributed by atoms with Crippen LogP contribution in [0.15, 0.2) is 30.3 Å². The molecule has 1 aliphatic heterocycles. The molecule has 1 heterocycles. The number of carbonyl (C=O) groups is 2. The average molecular weight is 450 g/mol. The van der Waals surface area contributed by atoms with Gasteiger partial charge in [-0.25, -0.2) is 4.79 Å². The SMILES string of the molecule is CC(C)(C)NC(=O)[C@@H]1C[C@H](OCc2ccccc2)CN1CC(O)CNC(=O)OC(C)(C)C. The molecule has 0 aromatic heterocycles. The molecule has 1 aromatic carbocycles. The van der Waals surface area contributed by atoms with E-state index in [4.69, 9.17) is 9.47 Å². The van der Waals surface area contributed by atoms with Crippen LogP contribution in [-0.2, 0) is 20.9 Å². The number of aliphatic hydroxyl groups excluding tert-OH is 1. The minimum Gasteiger partial charge on any atom is -0.444 e. The lowest BCUT2D eigenvalue weighted by Gasteiger charge is -2.29. The van der Waals surface area contributed by atoms with Crippen molar-refractivity contribution < 1.29 is 24.2 Å². The maximum absolute atomic E-state index is 12.9. The lowest BCUT2D eigenvalue weighted by Crippen LogP contribution is -2.52. The highest BCUT2D eigenvalue weighted by Crippen LogP contribution is 2.23. The molecule has 1 fully saturated rings. The van der Waals surface area contributed by atoms with Gasteiger partial charge in [-0.05, 0) is 53.5 Å². The summed E-state index contributed by atoms with van der Waals surface area (Å²) in [6, 6.07) is 9.48. The van der Waals surface area contributed by atoms with Crippen LogP contribution >= 0.6 is 0 Å². The molecular weight excluding hydrogens is 410 g/mol. The largest absolute Gasteiger partial charge is 0.444 e. The van der Waals surface area contributed by atoms with Gasteiger partial charge >= 0.3 is 6.09 Å². The van der Waals surface area contributed by atoms with Crippen LogP contribution in [0.3, 0.4) is 0 Å². The fourth-order valence-electron chi connectivity index (χ4n) is 3.55. The lowest BCUT2D eigenvalue weighted by molar-refractivity contribution is -0.127. The van der Waals surface area contributed by atoms with Gasteiger partial charge in [0.05, 0.1) is 24.9 Å². The summed E-state index contributed by atoms with van der Waals surface area (Å²) in [6.07, 6.45) is -1.01. The van der Waals surface area contributed by atoms with Crippen molar-refractivity contribution in [1.29, 1.82) is 0 Å². The summed E-state index contributed by atoms with van der Waals surface area (Å²) < 4.78 is 11.3. The Morgan fingerprint density at radius 3 is 2.41 bits per heavy atom. The molecule has 8 heteroatoms. The van der Waals surface area contributed by atoms with Crippen molar-refractivity contribution in [3.63, 3.8) is 0 Å². The Balaban J connectivity index is 1.95. The van der Waals surface area contributed by atoms with Gasteiger partial charge in [0.15, 0.2) is 0 Å². The van der Waals surface area contributed by atoms with Gasteiger partial charge in [-0.15, -0.1) is 0 Å². The summed E-state index contributed by atoms with van der Waals surface area (Å²) in [5.74, 6) is -0.0874. The van der Waals surface area contributed by atoms with E-state index < -0.39 is 23.8 Å². The average Bonchev–Trinajstić information content (AvgIpc) is 3.06. The number of benzene rings is 1. The molecule has 0 bridgehead atoms. The monoisotopic (exact) mass is 449 g/mol. The minimum absolute atomic E-state index is 0.0363. The molecule has 180 valence electrons. The number of alkyl carbamates (subject to hydrolysis) is 1. The quantitative estimate of drug-likeness (QED) is 0.564. The first-order valence-corrected chi connectivity index (χ1v) is 11.2. The number of ether oxygens (including phenoxy) is 2. The Hall–Kier alpha value is -2.16. The normalized spacial score (nSPS) is 20.6. The van der Waals surface area contributed by atoms with E-state index in [2.05, 4.69) is 10.6 Å².